The normalized spacial score (nSPS) is 15.4. The summed E-state index contributed by atoms with van der Waals surface area (Å²) in [5, 5.41) is 11.1. The molecule has 7 nitrogen and oxygen atoms in total. The van der Waals surface area contributed by atoms with Crippen molar-refractivity contribution in [2.75, 3.05) is 13.2 Å². The van der Waals surface area contributed by atoms with Crippen LogP contribution in [0.4, 0.5) is 0 Å². The fourth-order valence-corrected chi connectivity index (χ4v) is 3.20. The molecule has 1 N–H and O–H groups in total. The second-order valence-electron chi connectivity index (χ2n) is 6.68. The summed E-state index contributed by atoms with van der Waals surface area (Å²) >= 11 is 0. The summed E-state index contributed by atoms with van der Waals surface area (Å²) < 4.78 is 12.9. The van der Waals surface area contributed by atoms with E-state index in [0.29, 0.717) is 19.6 Å². The Balaban J connectivity index is 1.52. The highest BCUT2D eigenvalue weighted by molar-refractivity contribution is 5.92. The molecule has 0 fully saturated rings. The van der Waals surface area contributed by atoms with E-state index in [1.165, 1.54) is 0 Å². The summed E-state index contributed by atoms with van der Waals surface area (Å²) in [5.74, 6) is 1.26. The molecule has 3 aromatic rings. The van der Waals surface area contributed by atoms with Gasteiger partial charge in [0.1, 0.15) is 11.5 Å². The SMILES string of the molecule is CCOc1ccc2c(c1)C(NC(=O)c1cn(-c3ccc(C)cc3)nn1)CCO2. The van der Waals surface area contributed by atoms with Crippen LogP contribution in [0.15, 0.2) is 48.7 Å². The van der Waals surface area contributed by atoms with Crippen LogP contribution in [0.3, 0.4) is 0 Å². The van der Waals surface area contributed by atoms with Crippen LogP contribution in [0.25, 0.3) is 5.69 Å². The van der Waals surface area contributed by atoms with Crippen molar-refractivity contribution >= 4 is 5.91 Å². The van der Waals surface area contributed by atoms with Gasteiger partial charge in [0.15, 0.2) is 5.69 Å². The number of hydrogen-bond acceptors (Lipinski definition) is 5. The molecule has 1 amide bonds. The van der Waals surface area contributed by atoms with Crippen LogP contribution in [-0.2, 0) is 0 Å². The zero-order valence-corrected chi connectivity index (χ0v) is 15.9. The summed E-state index contributed by atoms with van der Waals surface area (Å²) in [6.07, 6.45) is 2.32. The minimum Gasteiger partial charge on any atom is -0.494 e. The van der Waals surface area contributed by atoms with Crippen LogP contribution in [0, 0.1) is 6.92 Å². The minimum atomic E-state index is -0.266. The molecule has 0 spiro atoms. The first-order valence-electron chi connectivity index (χ1n) is 9.34. The number of benzene rings is 2. The van der Waals surface area contributed by atoms with Crippen LogP contribution in [0.2, 0.25) is 0 Å². The van der Waals surface area contributed by atoms with E-state index in [9.17, 15) is 4.79 Å². The van der Waals surface area contributed by atoms with Crippen LogP contribution >= 0.6 is 0 Å². The van der Waals surface area contributed by atoms with E-state index in [2.05, 4.69) is 15.6 Å². The van der Waals surface area contributed by atoms with Crippen molar-refractivity contribution in [3.05, 3.63) is 65.5 Å². The number of ether oxygens (including phenoxy) is 2. The summed E-state index contributed by atoms with van der Waals surface area (Å²) in [6, 6.07) is 13.4. The zero-order chi connectivity index (χ0) is 19.5. The number of carbonyl (C=O) groups excluding carboxylic acids is 1. The first-order valence-corrected chi connectivity index (χ1v) is 9.34. The van der Waals surface area contributed by atoms with Gasteiger partial charge >= 0.3 is 0 Å². The summed E-state index contributed by atoms with van der Waals surface area (Å²) in [6.45, 7) is 5.08. The van der Waals surface area contributed by atoms with E-state index in [1.54, 1.807) is 10.9 Å². The van der Waals surface area contributed by atoms with Gasteiger partial charge in [-0.3, -0.25) is 4.79 Å². The van der Waals surface area contributed by atoms with Gasteiger partial charge < -0.3 is 14.8 Å². The molecular formula is C21H22N4O3. The van der Waals surface area contributed by atoms with Crippen LogP contribution in [0.5, 0.6) is 11.5 Å². The molecule has 4 rings (SSSR count). The highest BCUT2D eigenvalue weighted by Gasteiger charge is 2.25. The second kappa shape index (κ2) is 7.72. The minimum absolute atomic E-state index is 0.166. The van der Waals surface area contributed by atoms with Gasteiger partial charge in [0.2, 0.25) is 0 Å². The number of amides is 1. The number of carbonyl (C=O) groups is 1. The molecule has 0 saturated heterocycles. The van der Waals surface area contributed by atoms with E-state index in [4.69, 9.17) is 9.47 Å². The average Bonchev–Trinajstić information content (AvgIpc) is 3.20. The molecule has 2 aromatic carbocycles. The topological polar surface area (TPSA) is 78.3 Å². The number of aromatic nitrogens is 3. The number of nitrogens with zero attached hydrogens (tertiary/aromatic N) is 3. The molecule has 0 aliphatic carbocycles. The Bertz CT molecular complexity index is 982. The van der Waals surface area contributed by atoms with Crippen molar-refractivity contribution in [2.45, 2.75) is 26.3 Å². The summed E-state index contributed by atoms with van der Waals surface area (Å²) in [4.78, 5) is 12.7. The molecule has 1 aliphatic rings. The fourth-order valence-electron chi connectivity index (χ4n) is 3.20. The van der Waals surface area contributed by atoms with Gasteiger partial charge in [-0.2, -0.15) is 0 Å². The Morgan fingerprint density at radius 1 is 1.29 bits per heavy atom. The largest absolute Gasteiger partial charge is 0.494 e. The number of hydrogen-bond donors (Lipinski definition) is 1. The average molecular weight is 378 g/mol. The number of aryl methyl sites for hydroxylation is 1. The molecule has 7 heteroatoms. The first-order chi connectivity index (χ1) is 13.6. The van der Waals surface area contributed by atoms with Gasteiger partial charge in [0.05, 0.1) is 31.1 Å². The number of rotatable bonds is 5. The van der Waals surface area contributed by atoms with Crippen molar-refractivity contribution in [1.82, 2.24) is 20.3 Å². The third-order valence-electron chi connectivity index (χ3n) is 4.66. The molecule has 1 aliphatic heterocycles. The Kier molecular flexibility index (Phi) is 4.97. The van der Waals surface area contributed by atoms with E-state index in [0.717, 1.165) is 28.3 Å². The molecule has 1 aromatic heterocycles. The smallest absolute Gasteiger partial charge is 0.273 e. The molecule has 28 heavy (non-hydrogen) atoms. The Morgan fingerprint density at radius 3 is 2.89 bits per heavy atom. The van der Waals surface area contributed by atoms with E-state index in [1.807, 2.05) is 56.3 Å². The van der Waals surface area contributed by atoms with Crippen LogP contribution < -0.4 is 14.8 Å². The first kappa shape index (κ1) is 18.0. The third-order valence-corrected chi connectivity index (χ3v) is 4.66. The van der Waals surface area contributed by atoms with Crippen molar-refractivity contribution in [3.8, 4) is 17.2 Å². The molecule has 1 atom stereocenters. The Labute approximate surface area is 163 Å². The van der Waals surface area contributed by atoms with Crippen LogP contribution in [-0.4, -0.2) is 34.1 Å². The lowest BCUT2D eigenvalue weighted by atomic mass is 10.00. The van der Waals surface area contributed by atoms with Gasteiger partial charge in [0.25, 0.3) is 5.91 Å². The molecule has 0 radical (unpaired) electrons. The highest BCUT2D eigenvalue weighted by atomic mass is 16.5. The molecular weight excluding hydrogens is 356 g/mol. The Morgan fingerprint density at radius 2 is 2.11 bits per heavy atom. The van der Waals surface area contributed by atoms with E-state index >= 15 is 0 Å². The van der Waals surface area contributed by atoms with Gasteiger partial charge in [-0.1, -0.05) is 22.9 Å². The number of fused-ring (bicyclic) bond motifs is 1. The van der Waals surface area contributed by atoms with Crippen molar-refractivity contribution < 1.29 is 14.3 Å². The van der Waals surface area contributed by atoms with Crippen molar-refractivity contribution in [2.24, 2.45) is 0 Å². The molecule has 0 bridgehead atoms. The molecule has 2 heterocycles. The fraction of sp³-hybridized carbons (Fsp3) is 0.286. The van der Waals surface area contributed by atoms with Gasteiger partial charge in [-0.25, -0.2) is 4.68 Å². The maximum absolute atomic E-state index is 12.7. The predicted octanol–water partition coefficient (Wildman–Crippen LogP) is 3.23. The van der Waals surface area contributed by atoms with Crippen LogP contribution in [0.1, 0.15) is 41.0 Å². The maximum atomic E-state index is 12.7. The van der Waals surface area contributed by atoms with Gasteiger partial charge in [-0.15, -0.1) is 5.10 Å². The lowest BCUT2D eigenvalue weighted by Crippen LogP contribution is -2.32. The monoisotopic (exact) mass is 378 g/mol. The lowest BCUT2D eigenvalue weighted by Gasteiger charge is -2.27. The molecule has 144 valence electrons. The number of nitrogens with one attached hydrogen (secondary N) is 1. The highest BCUT2D eigenvalue weighted by Crippen LogP contribution is 2.35. The summed E-state index contributed by atoms with van der Waals surface area (Å²) in [7, 11) is 0. The quantitative estimate of drug-likeness (QED) is 0.737. The molecule has 1 unspecified atom stereocenters. The van der Waals surface area contributed by atoms with Crippen molar-refractivity contribution in [1.29, 1.82) is 0 Å². The Hall–Kier alpha value is -3.35. The van der Waals surface area contributed by atoms with E-state index in [-0.39, 0.29) is 17.6 Å². The van der Waals surface area contributed by atoms with Gasteiger partial charge in [0, 0.05) is 12.0 Å². The molecule has 0 saturated carbocycles. The second-order valence-corrected chi connectivity index (χ2v) is 6.68. The lowest BCUT2D eigenvalue weighted by molar-refractivity contribution is 0.0919. The van der Waals surface area contributed by atoms with Crippen molar-refractivity contribution in [3.63, 3.8) is 0 Å². The standard InChI is InChI=1S/C21H22N4O3/c1-3-27-16-8-9-20-17(12-16)18(10-11-28-20)22-21(26)19-13-25(24-23-19)15-6-4-14(2)5-7-15/h4-9,12-13,18H,3,10-11H2,1-2H3,(H,22,26). The maximum Gasteiger partial charge on any atom is 0.273 e. The van der Waals surface area contributed by atoms with E-state index < -0.39 is 0 Å². The van der Waals surface area contributed by atoms with Gasteiger partial charge in [-0.05, 0) is 44.2 Å². The third kappa shape index (κ3) is 3.69. The predicted molar refractivity (Wildman–Crippen MR) is 104 cm³/mol. The summed E-state index contributed by atoms with van der Waals surface area (Å²) in [5.41, 5.74) is 3.20. The zero-order valence-electron chi connectivity index (χ0n) is 15.9.